The maximum atomic E-state index is 12.6. The number of aromatic nitrogens is 2. The van der Waals surface area contributed by atoms with Gasteiger partial charge in [-0.25, -0.2) is 9.97 Å². The van der Waals surface area contributed by atoms with Gasteiger partial charge in [-0.2, -0.15) is 0 Å². The first-order valence-corrected chi connectivity index (χ1v) is 10.00. The minimum absolute atomic E-state index is 0.259. The van der Waals surface area contributed by atoms with E-state index in [1.165, 1.54) is 31.3 Å². The lowest BCUT2D eigenvalue weighted by atomic mass is 10.1. The summed E-state index contributed by atoms with van der Waals surface area (Å²) in [5.74, 6) is 0.325. The first-order valence-electron chi connectivity index (χ1n) is 10.00. The molecule has 148 valence electrons. The summed E-state index contributed by atoms with van der Waals surface area (Å²) in [4.78, 5) is 23.3. The van der Waals surface area contributed by atoms with E-state index in [4.69, 9.17) is 0 Å². The van der Waals surface area contributed by atoms with Crippen molar-refractivity contribution in [2.75, 3.05) is 28.6 Å². The largest absolute Gasteiger partial charge is 0.372 e. The molecule has 6 nitrogen and oxygen atoms in total. The summed E-state index contributed by atoms with van der Waals surface area (Å²) in [6, 6.07) is 17.6. The first-order chi connectivity index (χ1) is 14.2. The monoisotopic (exact) mass is 387 g/mol. The van der Waals surface area contributed by atoms with Crippen molar-refractivity contribution >= 4 is 28.8 Å². The van der Waals surface area contributed by atoms with Crippen LogP contribution in [0.15, 0.2) is 60.9 Å². The smallest absolute Gasteiger partial charge is 0.274 e. The van der Waals surface area contributed by atoms with E-state index in [1.807, 2.05) is 43.3 Å². The summed E-state index contributed by atoms with van der Waals surface area (Å²) in [6.07, 6.45) is 5.24. The number of hydrogen-bond acceptors (Lipinski definition) is 5. The predicted molar refractivity (Wildman–Crippen MR) is 117 cm³/mol. The van der Waals surface area contributed by atoms with Crippen molar-refractivity contribution in [2.24, 2.45) is 0 Å². The molecule has 1 amide bonds. The van der Waals surface area contributed by atoms with Crippen LogP contribution in [0.3, 0.4) is 0 Å². The number of para-hydroxylation sites is 1. The fourth-order valence-electron chi connectivity index (χ4n) is 3.50. The van der Waals surface area contributed by atoms with Gasteiger partial charge in [-0.1, -0.05) is 18.2 Å². The Bertz CT molecular complexity index is 981. The number of amides is 1. The van der Waals surface area contributed by atoms with E-state index in [0.717, 1.165) is 30.0 Å². The molecule has 4 rings (SSSR count). The predicted octanol–water partition coefficient (Wildman–Crippen LogP) is 4.77. The van der Waals surface area contributed by atoms with E-state index in [2.05, 4.69) is 37.6 Å². The molecule has 0 radical (unpaired) electrons. The van der Waals surface area contributed by atoms with Gasteiger partial charge in [-0.3, -0.25) is 4.79 Å². The average molecular weight is 387 g/mol. The average Bonchev–Trinajstić information content (AvgIpc) is 2.77. The molecule has 0 atom stereocenters. The standard InChI is InChI=1S/C23H25N5O/c1-17-7-3-4-8-20(17)27-23(29)21-15-22(25-16-24-21)26-18-9-11-19(12-10-18)28-13-5-2-6-14-28/h3-4,7-12,15-16H,2,5-6,13-14H2,1H3,(H,27,29)(H,24,25,26). The summed E-state index contributed by atoms with van der Waals surface area (Å²) in [5.41, 5.74) is 4.27. The number of piperidine rings is 1. The van der Waals surface area contributed by atoms with Gasteiger partial charge in [-0.05, 0) is 62.1 Å². The van der Waals surface area contributed by atoms with E-state index < -0.39 is 0 Å². The second-order valence-electron chi connectivity index (χ2n) is 7.28. The summed E-state index contributed by atoms with van der Waals surface area (Å²) < 4.78 is 0. The molecule has 1 aromatic heterocycles. The van der Waals surface area contributed by atoms with Crippen LogP contribution in [0.2, 0.25) is 0 Å². The molecule has 29 heavy (non-hydrogen) atoms. The van der Waals surface area contributed by atoms with Crippen LogP contribution < -0.4 is 15.5 Å². The quantitative estimate of drug-likeness (QED) is 0.660. The molecule has 1 fully saturated rings. The molecule has 3 aromatic rings. The molecular weight excluding hydrogens is 362 g/mol. The van der Waals surface area contributed by atoms with Gasteiger partial charge in [0.1, 0.15) is 17.8 Å². The van der Waals surface area contributed by atoms with Crippen LogP contribution in [0.4, 0.5) is 22.9 Å². The minimum Gasteiger partial charge on any atom is -0.372 e. The normalized spacial score (nSPS) is 13.8. The van der Waals surface area contributed by atoms with Crippen molar-refractivity contribution in [3.8, 4) is 0 Å². The zero-order valence-electron chi connectivity index (χ0n) is 16.6. The highest BCUT2D eigenvalue weighted by molar-refractivity contribution is 6.03. The third kappa shape index (κ3) is 4.71. The maximum absolute atomic E-state index is 12.6. The number of carbonyl (C=O) groups is 1. The van der Waals surface area contributed by atoms with Gasteiger partial charge in [0.15, 0.2) is 0 Å². The number of anilines is 4. The Labute approximate surface area is 171 Å². The topological polar surface area (TPSA) is 70.2 Å². The van der Waals surface area contributed by atoms with Gasteiger partial charge < -0.3 is 15.5 Å². The molecule has 6 heteroatoms. The van der Waals surface area contributed by atoms with E-state index in [0.29, 0.717) is 11.5 Å². The number of hydrogen-bond donors (Lipinski definition) is 2. The lowest BCUT2D eigenvalue weighted by Gasteiger charge is -2.28. The first kappa shape index (κ1) is 18.9. The second-order valence-corrected chi connectivity index (χ2v) is 7.28. The Morgan fingerprint density at radius 2 is 1.72 bits per heavy atom. The van der Waals surface area contributed by atoms with Crippen LogP contribution in [0.1, 0.15) is 35.3 Å². The molecule has 0 saturated carbocycles. The SMILES string of the molecule is Cc1ccccc1NC(=O)c1cc(Nc2ccc(N3CCCCC3)cc2)ncn1. The minimum atomic E-state index is -0.259. The molecule has 2 aromatic carbocycles. The third-order valence-electron chi connectivity index (χ3n) is 5.15. The van der Waals surface area contributed by atoms with E-state index in [1.54, 1.807) is 6.07 Å². The Morgan fingerprint density at radius 3 is 2.48 bits per heavy atom. The number of nitrogens with zero attached hydrogens (tertiary/aromatic N) is 3. The number of carbonyl (C=O) groups excluding carboxylic acids is 1. The van der Waals surface area contributed by atoms with E-state index in [9.17, 15) is 4.79 Å². The highest BCUT2D eigenvalue weighted by Gasteiger charge is 2.12. The highest BCUT2D eigenvalue weighted by Crippen LogP contribution is 2.23. The lowest BCUT2D eigenvalue weighted by molar-refractivity contribution is 0.102. The summed E-state index contributed by atoms with van der Waals surface area (Å²) in [6.45, 7) is 4.20. The van der Waals surface area contributed by atoms with Crippen LogP contribution in [0.25, 0.3) is 0 Å². The zero-order valence-corrected chi connectivity index (χ0v) is 16.6. The molecule has 0 spiro atoms. The number of nitrogens with one attached hydrogen (secondary N) is 2. The third-order valence-corrected chi connectivity index (χ3v) is 5.15. The molecule has 1 aliphatic rings. The van der Waals surface area contributed by atoms with Gasteiger partial charge in [-0.15, -0.1) is 0 Å². The second kappa shape index (κ2) is 8.73. The molecular formula is C23H25N5O. The summed E-state index contributed by atoms with van der Waals surface area (Å²) >= 11 is 0. The number of benzene rings is 2. The Kier molecular flexibility index (Phi) is 5.70. The van der Waals surface area contributed by atoms with Gasteiger partial charge in [0.25, 0.3) is 5.91 Å². The van der Waals surface area contributed by atoms with E-state index >= 15 is 0 Å². The fraction of sp³-hybridized carbons (Fsp3) is 0.261. The Morgan fingerprint density at radius 1 is 0.966 bits per heavy atom. The van der Waals surface area contributed by atoms with Gasteiger partial charge in [0.05, 0.1) is 0 Å². The van der Waals surface area contributed by atoms with Gasteiger partial charge >= 0.3 is 0 Å². The zero-order chi connectivity index (χ0) is 20.1. The molecule has 1 aliphatic heterocycles. The van der Waals surface area contributed by atoms with E-state index in [-0.39, 0.29) is 5.91 Å². The van der Waals surface area contributed by atoms with Crippen molar-refractivity contribution in [2.45, 2.75) is 26.2 Å². The lowest BCUT2D eigenvalue weighted by Crippen LogP contribution is -2.29. The maximum Gasteiger partial charge on any atom is 0.274 e. The molecule has 0 aliphatic carbocycles. The summed E-state index contributed by atoms with van der Waals surface area (Å²) in [5, 5.41) is 6.15. The van der Waals surface area contributed by atoms with Crippen LogP contribution in [0.5, 0.6) is 0 Å². The van der Waals surface area contributed by atoms with Crippen LogP contribution in [-0.4, -0.2) is 29.0 Å². The van der Waals surface area contributed by atoms with Crippen molar-refractivity contribution < 1.29 is 4.79 Å². The Balaban J connectivity index is 1.43. The molecule has 2 N–H and O–H groups in total. The van der Waals surface area contributed by atoms with Gasteiger partial charge in [0.2, 0.25) is 0 Å². The van der Waals surface area contributed by atoms with Crippen molar-refractivity contribution in [3.05, 3.63) is 72.2 Å². The molecule has 0 unspecified atom stereocenters. The number of aryl methyl sites for hydroxylation is 1. The molecule has 1 saturated heterocycles. The molecule has 0 bridgehead atoms. The van der Waals surface area contributed by atoms with Crippen molar-refractivity contribution in [1.29, 1.82) is 0 Å². The van der Waals surface area contributed by atoms with Crippen LogP contribution >= 0.6 is 0 Å². The van der Waals surface area contributed by atoms with Crippen molar-refractivity contribution in [3.63, 3.8) is 0 Å². The number of rotatable bonds is 5. The fourth-order valence-corrected chi connectivity index (χ4v) is 3.50. The van der Waals surface area contributed by atoms with Crippen LogP contribution in [0, 0.1) is 6.92 Å². The van der Waals surface area contributed by atoms with Crippen LogP contribution in [-0.2, 0) is 0 Å². The Hall–Kier alpha value is -3.41. The summed E-state index contributed by atoms with van der Waals surface area (Å²) in [7, 11) is 0. The highest BCUT2D eigenvalue weighted by atomic mass is 16.1. The molecule has 2 heterocycles. The van der Waals surface area contributed by atoms with Gasteiger partial charge in [0, 0.05) is 36.2 Å². The van der Waals surface area contributed by atoms with Crippen molar-refractivity contribution in [1.82, 2.24) is 9.97 Å².